The highest BCUT2D eigenvalue weighted by Gasteiger charge is 2.34. The molecular weight excluding hydrogens is 344 g/mol. The van der Waals surface area contributed by atoms with Gasteiger partial charge in [0.2, 0.25) is 5.91 Å². The van der Waals surface area contributed by atoms with Crippen LogP contribution in [0.2, 0.25) is 0 Å². The number of furan rings is 1. The lowest BCUT2D eigenvalue weighted by Crippen LogP contribution is -2.46. The average Bonchev–Trinajstić information content (AvgIpc) is 3.32. The van der Waals surface area contributed by atoms with Gasteiger partial charge in [0.15, 0.2) is 5.76 Å². The van der Waals surface area contributed by atoms with Crippen LogP contribution in [-0.2, 0) is 4.79 Å². The third kappa shape index (κ3) is 3.30. The fraction of sp³-hybridized carbons (Fsp3) is 0.200. The van der Waals surface area contributed by atoms with Gasteiger partial charge in [-0.1, -0.05) is 48.5 Å². The van der Waals surface area contributed by atoms with Crippen molar-refractivity contribution in [2.24, 2.45) is 5.92 Å². The lowest BCUT2D eigenvalue weighted by atomic mass is 9.94. The number of carbonyl (C=O) groups is 2. The molecule has 0 radical (unpaired) electrons. The topological polar surface area (TPSA) is 95.4 Å². The first-order chi connectivity index (χ1) is 13.1. The van der Waals surface area contributed by atoms with Crippen molar-refractivity contribution in [1.29, 1.82) is 0 Å². The molecule has 1 aromatic heterocycles. The molecule has 1 aliphatic heterocycles. The van der Waals surface area contributed by atoms with Crippen molar-refractivity contribution in [1.82, 2.24) is 21.7 Å². The predicted molar refractivity (Wildman–Crippen MR) is 100 cm³/mol. The number of fused-ring (bicyclic) bond motifs is 1. The predicted octanol–water partition coefficient (Wildman–Crippen LogP) is 1.97. The standard InChI is InChI=1S/C20H20N4O3/c1-12-14-9-5-6-10-16(14)27-18(12)20(26)24-23-19(25)15-11-21-22-17(15)13-7-3-2-4-8-13/h2-10,15,17,21-22H,11H2,1H3,(H,23,25)(H,24,26). The van der Waals surface area contributed by atoms with Crippen molar-refractivity contribution in [3.05, 3.63) is 71.5 Å². The molecule has 2 heterocycles. The van der Waals surface area contributed by atoms with Crippen LogP contribution >= 0.6 is 0 Å². The minimum absolute atomic E-state index is 0.170. The first-order valence-corrected chi connectivity index (χ1v) is 8.77. The zero-order valence-electron chi connectivity index (χ0n) is 14.8. The largest absolute Gasteiger partial charge is 0.451 e. The second-order valence-electron chi connectivity index (χ2n) is 6.52. The summed E-state index contributed by atoms with van der Waals surface area (Å²) < 4.78 is 5.62. The van der Waals surface area contributed by atoms with Crippen molar-refractivity contribution < 1.29 is 14.0 Å². The van der Waals surface area contributed by atoms with Gasteiger partial charge >= 0.3 is 5.91 Å². The Morgan fingerprint density at radius 3 is 2.56 bits per heavy atom. The van der Waals surface area contributed by atoms with Crippen LogP contribution in [-0.4, -0.2) is 18.4 Å². The molecule has 2 amide bonds. The van der Waals surface area contributed by atoms with Crippen LogP contribution in [0, 0.1) is 12.8 Å². The first kappa shape index (κ1) is 17.3. The number of aryl methyl sites for hydroxylation is 1. The summed E-state index contributed by atoms with van der Waals surface area (Å²) in [5.41, 5.74) is 13.5. The molecular formula is C20H20N4O3. The molecule has 1 aliphatic rings. The second kappa shape index (κ2) is 7.22. The lowest BCUT2D eigenvalue weighted by molar-refractivity contribution is -0.125. The summed E-state index contributed by atoms with van der Waals surface area (Å²) in [5.74, 6) is -0.918. The highest BCUT2D eigenvalue weighted by atomic mass is 16.3. The van der Waals surface area contributed by atoms with E-state index < -0.39 is 5.91 Å². The van der Waals surface area contributed by atoms with E-state index in [9.17, 15) is 9.59 Å². The maximum absolute atomic E-state index is 12.6. The van der Waals surface area contributed by atoms with Gasteiger partial charge in [0, 0.05) is 17.5 Å². The number of amides is 2. The van der Waals surface area contributed by atoms with E-state index in [2.05, 4.69) is 21.7 Å². The number of nitrogens with one attached hydrogen (secondary N) is 4. The first-order valence-electron chi connectivity index (χ1n) is 8.77. The van der Waals surface area contributed by atoms with E-state index in [-0.39, 0.29) is 23.6 Å². The summed E-state index contributed by atoms with van der Waals surface area (Å²) in [6.07, 6.45) is 0. The molecule has 2 unspecified atom stereocenters. The van der Waals surface area contributed by atoms with Crippen molar-refractivity contribution >= 4 is 22.8 Å². The Hall–Kier alpha value is -3.16. The lowest BCUT2D eigenvalue weighted by Gasteiger charge is -2.18. The Morgan fingerprint density at radius 1 is 1.04 bits per heavy atom. The fourth-order valence-corrected chi connectivity index (χ4v) is 3.38. The van der Waals surface area contributed by atoms with Crippen LogP contribution in [0.5, 0.6) is 0 Å². The van der Waals surface area contributed by atoms with Crippen molar-refractivity contribution in [3.63, 3.8) is 0 Å². The Kier molecular flexibility index (Phi) is 4.62. The highest BCUT2D eigenvalue weighted by Crippen LogP contribution is 2.26. The molecule has 1 saturated heterocycles. The highest BCUT2D eigenvalue weighted by molar-refractivity contribution is 5.99. The monoisotopic (exact) mass is 364 g/mol. The van der Waals surface area contributed by atoms with Gasteiger partial charge in [0.25, 0.3) is 0 Å². The zero-order valence-corrected chi connectivity index (χ0v) is 14.8. The summed E-state index contributed by atoms with van der Waals surface area (Å²) in [6, 6.07) is 17.0. The molecule has 7 heteroatoms. The summed E-state index contributed by atoms with van der Waals surface area (Å²) in [4.78, 5) is 25.0. The molecule has 2 aromatic carbocycles. The third-order valence-corrected chi connectivity index (χ3v) is 4.83. The normalized spacial score (nSPS) is 19.1. The van der Waals surface area contributed by atoms with Crippen LogP contribution in [0.25, 0.3) is 11.0 Å². The molecule has 0 aliphatic carbocycles. The van der Waals surface area contributed by atoms with Gasteiger partial charge in [-0.05, 0) is 18.6 Å². The number of para-hydroxylation sites is 1. The average molecular weight is 364 g/mol. The number of rotatable bonds is 3. The molecule has 0 spiro atoms. The summed E-state index contributed by atoms with van der Waals surface area (Å²) in [6.45, 7) is 2.28. The molecule has 0 saturated carbocycles. The van der Waals surface area contributed by atoms with Crippen molar-refractivity contribution in [2.75, 3.05) is 6.54 Å². The SMILES string of the molecule is Cc1c(C(=O)NNC(=O)C2CNNC2c2ccccc2)oc2ccccc12. The number of benzene rings is 2. The fourth-order valence-electron chi connectivity index (χ4n) is 3.38. The van der Waals surface area contributed by atoms with Crippen LogP contribution in [0.3, 0.4) is 0 Å². The van der Waals surface area contributed by atoms with Crippen LogP contribution in [0.1, 0.15) is 27.7 Å². The smallest absolute Gasteiger partial charge is 0.305 e. The minimum Gasteiger partial charge on any atom is -0.451 e. The molecule has 7 nitrogen and oxygen atoms in total. The molecule has 138 valence electrons. The maximum Gasteiger partial charge on any atom is 0.305 e. The molecule has 1 fully saturated rings. The summed E-state index contributed by atoms with van der Waals surface area (Å²) in [7, 11) is 0. The van der Waals surface area contributed by atoms with E-state index in [1.807, 2.05) is 55.5 Å². The Morgan fingerprint density at radius 2 is 1.78 bits per heavy atom. The number of hydrogen-bond donors (Lipinski definition) is 4. The second-order valence-corrected chi connectivity index (χ2v) is 6.52. The zero-order chi connectivity index (χ0) is 18.8. The maximum atomic E-state index is 12.6. The van der Waals surface area contributed by atoms with E-state index in [0.29, 0.717) is 12.1 Å². The third-order valence-electron chi connectivity index (χ3n) is 4.83. The van der Waals surface area contributed by atoms with Gasteiger partial charge < -0.3 is 4.42 Å². The molecule has 3 aromatic rings. The quantitative estimate of drug-likeness (QED) is 0.533. The number of carbonyl (C=O) groups excluding carboxylic acids is 2. The van der Waals surface area contributed by atoms with Crippen LogP contribution < -0.4 is 21.7 Å². The summed E-state index contributed by atoms with van der Waals surface area (Å²) >= 11 is 0. The van der Waals surface area contributed by atoms with Crippen LogP contribution in [0.4, 0.5) is 0 Å². The Labute approximate surface area is 156 Å². The summed E-state index contributed by atoms with van der Waals surface area (Å²) in [5, 5.41) is 0.877. The van der Waals surface area contributed by atoms with Gasteiger partial charge in [0.05, 0.1) is 12.0 Å². The molecule has 2 atom stereocenters. The van der Waals surface area contributed by atoms with Crippen molar-refractivity contribution in [2.45, 2.75) is 13.0 Å². The van der Waals surface area contributed by atoms with E-state index in [0.717, 1.165) is 16.5 Å². The van der Waals surface area contributed by atoms with E-state index in [4.69, 9.17) is 4.42 Å². The van der Waals surface area contributed by atoms with E-state index in [1.165, 1.54) is 0 Å². The molecule has 27 heavy (non-hydrogen) atoms. The molecule has 4 N–H and O–H groups in total. The van der Waals surface area contributed by atoms with Gasteiger partial charge in [-0.25, -0.2) is 5.43 Å². The van der Waals surface area contributed by atoms with Gasteiger partial charge in [0.1, 0.15) is 5.58 Å². The molecule has 4 rings (SSSR count). The minimum atomic E-state index is -0.479. The van der Waals surface area contributed by atoms with Crippen molar-refractivity contribution in [3.8, 4) is 0 Å². The van der Waals surface area contributed by atoms with E-state index >= 15 is 0 Å². The van der Waals surface area contributed by atoms with E-state index in [1.54, 1.807) is 6.07 Å². The number of hydrazine groups is 2. The Balaban J connectivity index is 1.44. The van der Waals surface area contributed by atoms with Gasteiger partial charge in [-0.2, -0.15) is 0 Å². The Bertz CT molecular complexity index is 983. The number of hydrogen-bond acceptors (Lipinski definition) is 5. The van der Waals surface area contributed by atoms with Crippen LogP contribution in [0.15, 0.2) is 59.0 Å². The molecule has 0 bridgehead atoms. The van der Waals surface area contributed by atoms with Gasteiger partial charge in [-0.3, -0.25) is 25.9 Å². The van der Waals surface area contributed by atoms with Gasteiger partial charge in [-0.15, -0.1) is 0 Å².